The van der Waals surface area contributed by atoms with Crippen molar-refractivity contribution in [1.82, 2.24) is 0 Å². The van der Waals surface area contributed by atoms with E-state index in [0.29, 0.717) is 6.61 Å². The molecule has 2 unspecified atom stereocenters. The fraction of sp³-hybridized carbons (Fsp3) is 0.750. The van der Waals surface area contributed by atoms with Crippen molar-refractivity contribution in [3.05, 3.63) is 0 Å². The quantitative estimate of drug-likeness (QED) is 0.308. The van der Waals surface area contributed by atoms with E-state index in [1.165, 1.54) is 0 Å². The molecule has 0 aromatic heterocycles. The van der Waals surface area contributed by atoms with Gasteiger partial charge in [0.25, 0.3) is 0 Å². The van der Waals surface area contributed by atoms with Gasteiger partial charge in [-0.15, -0.1) is 0 Å². The zero-order valence-corrected chi connectivity index (χ0v) is 3.99. The van der Waals surface area contributed by atoms with E-state index < -0.39 is 6.10 Å². The van der Waals surface area contributed by atoms with Gasteiger partial charge in [0.15, 0.2) is 6.10 Å². The molecule has 2 atom stereocenters. The lowest BCUT2D eigenvalue weighted by molar-refractivity contribution is -0.280. The van der Waals surface area contributed by atoms with Crippen LogP contribution in [0, 0.1) is 0 Å². The summed E-state index contributed by atoms with van der Waals surface area (Å²) in [7, 11) is 0. The predicted molar refractivity (Wildman–Crippen MR) is 20.7 cm³/mol. The highest BCUT2D eigenvalue weighted by atomic mass is 17.2. The van der Waals surface area contributed by atoms with Gasteiger partial charge in [0, 0.05) is 0 Å². The average Bonchev–Trinajstić information content (AvgIpc) is 2.09. The molecule has 0 bridgehead atoms. The molecule has 0 aromatic rings. The maximum atomic E-state index is 10.3. The molecular weight excluding hydrogens is 112 g/mol. The van der Waals surface area contributed by atoms with Crippen LogP contribution in [-0.4, -0.2) is 24.8 Å². The molecule has 4 nitrogen and oxygen atoms in total. The van der Waals surface area contributed by atoms with Crippen molar-refractivity contribution in [3.8, 4) is 0 Å². The van der Waals surface area contributed by atoms with Crippen LogP contribution in [0.15, 0.2) is 0 Å². The molecule has 2 aliphatic rings. The Bertz CT molecular complexity index is 132. The molecular formula is C4H4O4. The van der Waals surface area contributed by atoms with Crippen LogP contribution >= 0.6 is 0 Å². The van der Waals surface area contributed by atoms with Crippen LogP contribution in [0.3, 0.4) is 0 Å². The molecule has 0 spiro atoms. The smallest absolute Gasteiger partial charge is 0.343 e. The fourth-order valence-corrected chi connectivity index (χ4v) is 0.760. The van der Waals surface area contributed by atoms with Crippen LogP contribution < -0.4 is 0 Å². The highest BCUT2D eigenvalue weighted by molar-refractivity contribution is 5.81. The second-order valence-corrected chi connectivity index (χ2v) is 1.78. The molecule has 44 valence electrons. The third-order valence-electron chi connectivity index (χ3n) is 1.24. The van der Waals surface area contributed by atoms with E-state index in [9.17, 15) is 4.79 Å². The minimum atomic E-state index is -0.421. The maximum absolute atomic E-state index is 10.3. The summed E-state index contributed by atoms with van der Waals surface area (Å²) in [6, 6.07) is 0. The molecule has 2 rings (SSSR count). The highest BCUT2D eigenvalue weighted by Gasteiger charge is 2.49. The number of ether oxygens (including phenoxy) is 1. The molecule has 0 aliphatic carbocycles. The van der Waals surface area contributed by atoms with Crippen molar-refractivity contribution in [2.24, 2.45) is 0 Å². The summed E-state index contributed by atoms with van der Waals surface area (Å²) in [6.45, 7) is 0.385. The number of carbonyl (C=O) groups excluding carboxylic acids is 1. The topological polar surface area (TPSA) is 44.8 Å². The minimum Gasteiger partial charge on any atom is -0.454 e. The Morgan fingerprint density at radius 3 is 3.00 bits per heavy atom. The number of rotatable bonds is 0. The van der Waals surface area contributed by atoms with Gasteiger partial charge in [0.2, 0.25) is 6.10 Å². The zero-order valence-electron chi connectivity index (χ0n) is 3.99. The molecule has 2 fully saturated rings. The molecule has 2 heterocycles. The van der Waals surface area contributed by atoms with Crippen molar-refractivity contribution >= 4 is 5.97 Å². The summed E-state index contributed by atoms with van der Waals surface area (Å²) in [5.41, 5.74) is 0. The first kappa shape index (κ1) is 4.29. The number of hydrogen-bond acceptors (Lipinski definition) is 4. The lowest BCUT2D eigenvalue weighted by Gasteiger charge is -2.23. The second-order valence-electron chi connectivity index (χ2n) is 1.78. The van der Waals surface area contributed by atoms with Gasteiger partial charge in [0.05, 0.1) is 0 Å². The standard InChI is InChI=1S/C4H4O4/c5-4-3-2(7-4)1-6-8-3/h2-3H,1H2. The normalized spacial score (nSPS) is 42.8. The van der Waals surface area contributed by atoms with Gasteiger partial charge in [-0.2, -0.15) is 0 Å². The molecule has 0 saturated carbocycles. The molecule has 0 radical (unpaired) electrons. The number of esters is 1. The summed E-state index contributed by atoms with van der Waals surface area (Å²) in [6.07, 6.45) is -0.544. The van der Waals surface area contributed by atoms with E-state index in [0.717, 1.165) is 0 Å². The predicted octanol–water partition coefficient (Wildman–Crippen LogP) is -0.758. The van der Waals surface area contributed by atoms with Gasteiger partial charge < -0.3 is 4.74 Å². The van der Waals surface area contributed by atoms with Gasteiger partial charge in [-0.05, 0) is 0 Å². The Hall–Kier alpha value is -0.610. The molecule has 2 aliphatic heterocycles. The van der Waals surface area contributed by atoms with Gasteiger partial charge in [-0.25, -0.2) is 14.6 Å². The van der Waals surface area contributed by atoms with Crippen molar-refractivity contribution < 1.29 is 19.3 Å². The Kier molecular flexibility index (Phi) is 0.648. The van der Waals surface area contributed by atoms with Gasteiger partial charge in [0.1, 0.15) is 6.61 Å². The van der Waals surface area contributed by atoms with Gasteiger partial charge >= 0.3 is 5.97 Å². The SMILES string of the molecule is O=C1OC2COOC12. The van der Waals surface area contributed by atoms with Gasteiger partial charge in [-0.1, -0.05) is 0 Å². The van der Waals surface area contributed by atoms with Crippen LogP contribution in [0.1, 0.15) is 0 Å². The fourth-order valence-electron chi connectivity index (χ4n) is 0.760. The van der Waals surface area contributed by atoms with E-state index in [-0.39, 0.29) is 12.1 Å². The highest BCUT2D eigenvalue weighted by Crippen LogP contribution is 2.24. The van der Waals surface area contributed by atoms with Gasteiger partial charge in [-0.3, -0.25) is 0 Å². The Labute approximate surface area is 45.3 Å². The van der Waals surface area contributed by atoms with Crippen LogP contribution in [0.25, 0.3) is 0 Å². The third kappa shape index (κ3) is 0.343. The van der Waals surface area contributed by atoms with Crippen molar-refractivity contribution in [2.45, 2.75) is 12.2 Å². The largest absolute Gasteiger partial charge is 0.454 e. The summed E-state index contributed by atoms with van der Waals surface area (Å²) < 4.78 is 4.57. The summed E-state index contributed by atoms with van der Waals surface area (Å²) in [5, 5.41) is 0. The van der Waals surface area contributed by atoms with E-state index in [1.807, 2.05) is 0 Å². The molecule has 8 heavy (non-hydrogen) atoms. The Balaban J connectivity index is 2.11. The zero-order chi connectivity index (χ0) is 5.56. The molecule has 0 amide bonds. The van der Waals surface area contributed by atoms with Crippen LogP contribution in [0.2, 0.25) is 0 Å². The number of fused-ring (bicyclic) bond motifs is 1. The minimum absolute atomic E-state index is 0.123. The first-order valence-electron chi connectivity index (χ1n) is 2.37. The first-order valence-corrected chi connectivity index (χ1v) is 2.37. The first-order chi connectivity index (χ1) is 3.88. The summed E-state index contributed by atoms with van der Waals surface area (Å²) in [4.78, 5) is 19.2. The lowest BCUT2D eigenvalue weighted by Crippen LogP contribution is -2.48. The molecule has 2 saturated heterocycles. The molecule has 4 heteroatoms. The molecule has 0 N–H and O–H groups in total. The second kappa shape index (κ2) is 1.21. The van der Waals surface area contributed by atoms with E-state index in [4.69, 9.17) is 0 Å². The third-order valence-corrected chi connectivity index (χ3v) is 1.24. The average molecular weight is 116 g/mol. The lowest BCUT2D eigenvalue weighted by atomic mass is 10.1. The van der Waals surface area contributed by atoms with E-state index in [1.54, 1.807) is 0 Å². The van der Waals surface area contributed by atoms with Crippen LogP contribution in [-0.2, 0) is 19.3 Å². The summed E-state index contributed by atoms with van der Waals surface area (Å²) >= 11 is 0. The van der Waals surface area contributed by atoms with Crippen LogP contribution in [0.5, 0.6) is 0 Å². The van der Waals surface area contributed by atoms with E-state index >= 15 is 0 Å². The number of carbonyl (C=O) groups is 1. The van der Waals surface area contributed by atoms with Crippen LogP contribution in [0.4, 0.5) is 0 Å². The van der Waals surface area contributed by atoms with Crippen molar-refractivity contribution in [1.29, 1.82) is 0 Å². The Morgan fingerprint density at radius 2 is 2.50 bits per heavy atom. The van der Waals surface area contributed by atoms with E-state index in [2.05, 4.69) is 14.5 Å². The maximum Gasteiger partial charge on any atom is 0.343 e. The monoisotopic (exact) mass is 116 g/mol. The molecule has 0 aromatic carbocycles. The summed E-state index contributed by atoms with van der Waals surface area (Å²) in [5.74, 6) is -0.312. The van der Waals surface area contributed by atoms with Crippen molar-refractivity contribution in [2.75, 3.05) is 6.61 Å². The van der Waals surface area contributed by atoms with Crippen molar-refractivity contribution in [3.63, 3.8) is 0 Å². The number of hydrogen-bond donors (Lipinski definition) is 0. The Morgan fingerprint density at radius 1 is 1.62 bits per heavy atom.